The quantitative estimate of drug-likeness (QED) is 0.270. The van der Waals surface area contributed by atoms with E-state index in [0.717, 1.165) is 92.7 Å². The van der Waals surface area contributed by atoms with Gasteiger partial charge in [0.2, 0.25) is 0 Å². The first kappa shape index (κ1) is 35.1. The average Bonchev–Trinajstić information content (AvgIpc) is 3.02. The van der Waals surface area contributed by atoms with E-state index < -0.39 is 17.7 Å². The highest BCUT2D eigenvalue weighted by Gasteiger charge is 2.37. The number of carbonyl (C=O) groups is 1. The molecule has 2 fully saturated rings. The predicted molar refractivity (Wildman–Crippen MR) is 198 cm³/mol. The monoisotopic (exact) mass is 668 g/mol. The normalized spacial score (nSPS) is 19.8. The molecule has 1 aromatic carbocycles. The smallest absolute Gasteiger partial charge is 0.337 e. The van der Waals surface area contributed by atoms with Crippen LogP contribution in [0.25, 0.3) is 11.1 Å². The molecule has 0 amide bonds. The van der Waals surface area contributed by atoms with Gasteiger partial charge in [-0.15, -0.1) is 0 Å². The summed E-state index contributed by atoms with van der Waals surface area (Å²) < 4.78 is 6.29. The number of carboxylic acid groups (broad SMARTS) is 1. The molecule has 49 heavy (non-hydrogen) atoms. The zero-order chi connectivity index (χ0) is 35.3. The lowest BCUT2D eigenvalue weighted by Gasteiger charge is -2.41. The molecule has 0 bridgehead atoms. The van der Waals surface area contributed by atoms with E-state index in [0.29, 0.717) is 11.3 Å². The third-order valence-corrected chi connectivity index (χ3v) is 10.7. The molecule has 0 unspecified atom stereocenters. The number of anilines is 3. The number of aryl methyl sites for hydroxylation is 2. The summed E-state index contributed by atoms with van der Waals surface area (Å²) in [4.78, 5) is 34.4. The van der Waals surface area contributed by atoms with Crippen LogP contribution in [0.1, 0.15) is 108 Å². The lowest BCUT2D eigenvalue weighted by molar-refractivity contribution is -0.160. The van der Waals surface area contributed by atoms with E-state index in [9.17, 15) is 9.90 Å². The highest BCUT2D eigenvalue weighted by atomic mass is 16.5. The third kappa shape index (κ3) is 7.72. The maximum atomic E-state index is 12.9. The topological polar surface area (TPSA) is 94.9 Å². The summed E-state index contributed by atoms with van der Waals surface area (Å²) in [5.74, 6) is 0.997. The fourth-order valence-corrected chi connectivity index (χ4v) is 7.96. The number of carboxylic acids is 1. The number of ether oxygens (including phenoxy) is 1. The Balaban J connectivity index is 1.36. The molecule has 1 N–H and O–H groups in total. The molecular formula is C40H56N6O3. The lowest BCUT2D eigenvalue weighted by Crippen LogP contribution is -2.40. The van der Waals surface area contributed by atoms with Gasteiger partial charge in [-0.25, -0.2) is 14.8 Å². The van der Waals surface area contributed by atoms with Gasteiger partial charge in [-0.3, -0.25) is 4.98 Å². The van der Waals surface area contributed by atoms with Crippen molar-refractivity contribution in [2.75, 3.05) is 47.4 Å². The fourth-order valence-electron chi connectivity index (χ4n) is 7.96. The largest absolute Gasteiger partial charge is 0.479 e. The van der Waals surface area contributed by atoms with Gasteiger partial charge in [-0.05, 0) is 94.2 Å². The highest BCUT2D eigenvalue weighted by molar-refractivity contribution is 5.88. The molecule has 3 aliphatic rings. The van der Waals surface area contributed by atoms with Crippen LogP contribution in [-0.4, -0.2) is 64.4 Å². The molecule has 6 rings (SSSR count). The molecule has 1 atom stereocenters. The average molecular weight is 669 g/mol. The second-order valence-electron chi connectivity index (χ2n) is 17.1. The summed E-state index contributed by atoms with van der Waals surface area (Å²) in [5, 5.41) is 10.6. The number of aromatic nitrogens is 3. The van der Waals surface area contributed by atoms with Crippen molar-refractivity contribution in [1.82, 2.24) is 15.0 Å². The van der Waals surface area contributed by atoms with Crippen LogP contribution >= 0.6 is 0 Å². The molecule has 3 aliphatic heterocycles. The fraction of sp³-hybridized carbons (Fsp3) is 0.600. The summed E-state index contributed by atoms with van der Waals surface area (Å²) >= 11 is 0. The molecule has 264 valence electrons. The number of rotatable bonds is 7. The van der Waals surface area contributed by atoms with Gasteiger partial charge in [0.05, 0.1) is 11.3 Å². The highest BCUT2D eigenvalue weighted by Crippen LogP contribution is 2.45. The van der Waals surface area contributed by atoms with Crippen molar-refractivity contribution in [3.8, 4) is 11.1 Å². The zero-order valence-electron chi connectivity index (χ0n) is 31.2. The number of aliphatic carboxylic acids is 1. The van der Waals surface area contributed by atoms with E-state index in [1.165, 1.54) is 24.0 Å². The van der Waals surface area contributed by atoms with Crippen LogP contribution < -0.4 is 14.7 Å². The van der Waals surface area contributed by atoms with E-state index >= 15 is 0 Å². The number of piperidine rings is 2. The molecule has 0 spiro atoms. The Bertz CT molecular complexity index is 1700. The second kappa shape index (κ2) is 13.2. The first-order chi connectivity index (χ1) is 23.0. The molecule has 2 aromatic heterocycles. The van der Waals surface area contributed by atoms with Crippen LogP contribution in [0, 0.1) is 24.7 Å². The number of fused-ring (bicyclic) bond motifs is 1. The van der Waals surface area contributed by atoms with Crippen molar-refractivity contribution in [2.45, 2.75) is 113 Å². The van der Waals surface area contributed by atoms with Crippen molar-refractivity contribution in [3.05, 3.63) is 58.7 Å². The minimum absolute atomic E-state index is 0.245. The van der Waals surface area contributed by atoms with Crippen LogP contribution in [0.5, 0.6) is 0 Å². The van der Waals surface area contributed by atoms with Gasteiger partial charge >= 0.3 is 5.97 Å². The second-order valence-corrected chi connectivity index (χ2v) is 17.1. The maximum Gasteiger partial charge on any atom is 0.337 e. The first-order valence-corrected chi connectivity index (χ1v) is 18.1. The molecule has 9 heteroatoms. The van der Waals surface area contributed by atoms with Crippen molar-refractivity contribution in [2.24, 2.45) is 10.8 Å². The summed E-state index contributed by atoms with van der Waals surface area (Å²) in [7, 11) is 0. The molecule has 9 nitrogen and oxygen atoms in total. The summed E-state index contributed by atoms with van der Waals surface area (Å²) in [6.07, 6.45) is 5.97. The van der Waals surface area contributed by atoms with Gasteiger partial charge in [-0.2, -0.15) is 0 Å². The standard InChI is InChI=1S/C40H56N6O3/c1-26-33(35(44-19-15-39(6,7)16-20-44)34(27(2)43-26)36(37(47)48)49-38(3,4)5)29-11-12-30-23-45(18-13-28(30)21-29)31-22-32(42-25-41-31)46-17-10-14-40(8,9)24-46/h11-12,21-22,25,36H,10,13-20,23-24H2,1-9H3,(H,47,48)/t36-/m0/s1. The van der Waals surface area contributed by atoms with E-state index in [-0.39, 0.29) is 10.8 Å². The molecule has 2 saturated heterocycles. The molecular weight excluding hydrogens is 612 g/mol. The van der Waals surface area contributed by atoms with Crippen molar-refractivity contribution in [1.29, 1.82) is 0 Å². The van der Waals surface area contributed by atoms with Crippen molar-refractivity contribution < 1.29 is 14.6 Å². The van der Waals surface area contributed by atoms with Crippen LogP contribution in [-0.2, 0) is 22.5 Å². The Labute approximate surface area is 293 Å². The van der Waals surface area contributed by atoms with Crippen LogP contribution in [0.2, 0.25) is 0 Å². The summed E-state index contributed by atoms with van der Waals surface area (Å²) in [6, 6.07) is 8.92. The molecule has 0 saturated carbocycles. The van der Waals surface area contributed by atoms with Crippen LogP contribution in [0.15, 0.2) is 30.6 Å². The number of nitrogens with zero attached hydrogens (tertiary/aromatic N) is 6. The SMILES string of the molecule is Cc1nc(C)c([C@H](OC(C)(C)C)C(=O)O)c(N2CCC(C)(C)CC2)c1-c1ccc2c(c1)CCN(c1cc(N3CCCC(C)(C)C3)ncn1)C2. The van der Waals surface area contributed by atoms with Crippen molar-refractivity contribution >= 4 is 23.3 Å². The van der Waals surface area contributed by atoms with Crippen LogP contribution in [0.3, 0.4) is 0 Å². The Morgan fingerprint density at radius 3 is 2.20 bits per heavy atom. The number of hydrogen-bond donors (Lipinski definition) is 1. The minimum Gasteiger partial charge on any atom is -0.479 e. The Morgan fingerprint density at radius 2 is 1.55 bits per heavy atom. The van der Waals surface area contributed by atoms with Crippen molar-refractivity contribution in [3.63, 3.8) is 0 Å². The first-order valence-electron chi connectivity index (χ1n) is 18.1. The predicted octanol–water partition coefficient (Wildman–Crippen LogP) is 7.91. The molecule has 5 heterocycles. The van der Waals surface area contributed by atoms with Gasteiger partial charge in [0.15, 0.2) is 6.10 Å². The number of benzene rings is 1. The van der Waals surface area contributed by atoms with E-state index in [2.05, 4.69) is 78.6 Å². The third-order valence-electron chi connectivity index (χ3n) is 10.7. The molecule has 3 aromatic rings. The van der Waals surface area contributed by atoms with Crippen LogP contribution in [0.4, 0.5) is 17.3 Å². The Hall–Kier alpha value is -3.72. The van der Waals surface area contributed by atoms with Gasteiger partial charge in [0.1, 0.15) is 18.0 Å². The van der Waals surface area contributed by atoms with Gasteiger partial charge in [0.25, 0.3) is 0 Å². The van der Waals surface area contributed by atoms with Gasteiger partial charge in [-0.1, -0.05) is 45.9 Å². The maximum absolute atomic E-state index is 12.9. The number of hydrogen-bond acceptors (Lipinski definition) is 8. The molecule has 0 aliphatic carbocycles. The Morgan fingerprint density at radius 1 is 0.857 bits per heavy atom. The molecule has 0 radical (unpaired) electrons. The summed E-state index contributed by atoms with van der Waals surface area (Å²) in [6.45, 7) is 24.4. The number of pyridine rings is 1. The van der Waals surface area contributed by atoms with E-state index in [1.54, 1.807) is 6.33 Å². The van der Waals surface area contributed by atoms with Gasteiger partial charge in [0, 0.05) is 67.8 Å². The van der Waals surface area contributed by atoms with E-state index in [4.69, 9.17) is 14.7 Å². The zero-order valence-corrected chi connectivity index (χ0v) is 31.2. The summed E-state index contributed by atoms with van der Waals surface area (Å²) in [5.41, 5.74) is 7.83. The van der Waals surface area contributed by atoms with Gasteiger partial charge < -0.3 is 24.5 Å². The Kier molecular flexibility index (Phi) is 9.46. The van der Waals surface area contributed by atoms with E-state index in [1.807, 2.05) is 27.7 Å². The minimum atomic E-state index is -1.13. The lowest BCUT2D eigenvalue weighted by atomic mass is 9.81.